The summed E-state index contributed by atoms with van der Waals surface area (Å²) < 4.78 is 7.26. The first kappa shape index (κ1) is 25.6. The topological polar surface area (TPSA) is 68.2 Å². The summed E-state index contributed by atoms with van der Waals surface area (Å²) in [7, 11) is 0. The maximum absolute atomic E-state index is 12.6. The molecule has 8 heteroatoms. The summed E-state index contributed by atoms with van der Waals surface area (Å²) in [5, 5.41) is 12.3. The van der Waals surface area contributed by atoms with Crippen LogP contribution in [-0.4, -0.2) is 27.5 Å². The highest BCUT2D eigenvalue weighted by molar-refractivity contribution is 7.80. The highest BCUT2D eigenvalue weighted by atomic mass is 32.1. The summed E-state index contributed by atoms with van der Waals surface area (Å²) in [5.74, 6) is -0.364. The summed E-state index contributed by atoms with van der Waals surface area (Å²) >= 11 is 7.14. The van der Waals surface area contributed by atoms with Crippen molar-refractivity contribution >= 4 is 45.3 Å². The van der Waals surface area contributed by atoms with Gasteiger partial charge in [0.25, 0.3) is 0 Å². The number of carbonyl (C=O) groups excluding carboxylic acids is 1. The van der Waals surface area contributed by atoms with Gasteiger partial charge < -0.3 is 15.4 Å². The van der Waals surface area contributed by atoms with E-state index in [-0.39, 0.29) is 5.97 Å². The van der Waals surface area contributed by atoms with Crippen molar-refractivity contribution in [2.75, 3.05) is 17.2 Å². The average molecular weight is 519 g/mol. The Morgan fingerprint density at radius 1 is 1.03 bits per heavy atom. The van der Waals surface area contributed by atoms with Gasteiger partial charge in [-0.15, -0.1) is 11.3 Å². The molecule has 36 heavy (non-hydrogen) atoms. The molecule has 0 amide bonds. The van der Waals surface area contributed by atoms with Crippen molar-refractivity contribution in [3.05, 3.63) is 99.2 Å². The van der Waals surface area contributed by atoms with Crippen LogP contribution in [0.15, 0.2) is 60.7 Å². The van der Waals surface area contributed by atoms with Crippen LogP contribution in [-0.2, 0) is 17.7 Å². The molecule has 0 aliphatic rings. The lowest BCUT2D eigenvalue weighted by atomic mass is 10.1. The van der Waals surface area contributed by atoms with Gasteiger partial charge in [0.1, 0.15) is 5.00 Å². The lowest BCUT2D eigenvalue weighted by Crippen LogP contribution is -2.21. The number of hydrogen-bond acceptors (Lipinski definition) is 5. The molecule has 2 aromatic carbocycles. The van der Waals surface area contributed by atoms with E-state index in [1.165, 1.54) is 28.0 Å². The second-order valence-corrected chi connectivity index (χ2v) is 10.2. The van der Waals surface area contributed by atoms with E-state index >= 15 is 0 Å². The molecule has 6 nitrogen and oxygen atoms in total. The van der Waals surface area contributed by atoms with E-state index in [4.69, 9.17) is 22.1 Å². The first-order valence-electron chi connectivity index (χ1n) is 11.8. The molecule has 4 aromatic rings. The predicted octanol–water partition coefficient (Wildman–Crippen LogP) is 6.49. The number of ether oxygens (including phenoxy) is 1. The first-order valence-corrected chi connectivity index (χ1v) is 13.1. The molecule has 0 saturated carbocycles. The molecule has 0 aliphatic heterocycles. The molecule has 0 saturated heterocycles. The SMILES string of the molecule is CCOC(=O)c1cc(Cc2ccccc2)sc1NC(=S)Nc1c(C)nn(Cc2ccc(C)cc2)c1C. The van der Waals surface area contributed by atoms with Gasteiger partial charge in [-0.1, -0.05) is 60.2 Å². The van der Waals surface area contributed by atoms with Crippen molar-refractivity contribution < 1.29 is 9.53 Å². The molecule has 2 N–H and O–H groups in total. The number of anilines is 2. The second-order valence-electron chi connectivity index (χ2n) is 8.61. The minimum absolute atomic E-state index is 0.309. The van der Waals surface area contributed by atoms with Gasteiger partial charge in [-0.05, 0) is 57.1 Å². The van der Waals surface area contributed by atoms with Crippen LogP contribution in [0.1, 0.15) is 50.2 Å². The standard InChI is InChI=1S/C28H30N4O2S2/c1-5-34-27(33)24-16-23(15-21-9-7-6-8-10-21)36-26(24)30-28(35)29-25-19(3)31-32(20(25)4)17-22-13-11-18(2)12-14-22/h6-14,16H,5,15,17H2,1-4H3,(H2,29,30,35). The number of nitrogens with one attached hydrogen (secondary N) is 2. The molecule has 186 valence electrons. The van der Waals surface area contributed by atoms with Crippen LogP contribution in [0.3, 0.4) is 0 Å². The van der Waals surface area contributed by atoms with E-state index in [1.54, 1.807) is 6.92 Å². The van der Waals surface area contributed by atoms with Crippen molar-refractivity contribution in [2.24, 2.45) is 0 Å². The van der Waals surface area contributed by atoms with Crippen LogP contribution in [0.25, 0.3) is 0 Å². The fourth-order valence-corrected chi connectivity index (χ4v) is 5.28. The summed E-state index contributed by atoms with van der Waals surface area (Å²) in [6.07, 6.45) is 0.726. The number of hydrogen-bond donors (Lipinski definition) is 2. The van der Waals surface area contributed by atoms with Crippen molar-refractivity contribution in [3.63, 3.8) is 0 Å². The third-order valence-electron chi connectivity index (χ3n) is 5.80. The molecule has 0 bridgehead atoms. The number of nitrogens with zero attached hydrogens (tertiary/aromatic N) is 2. The van der Waals surface area contributed by atoms with Crippen LogP contribution in [0, 0.1) is 20.8 Å². The number of esters is 1. The third kappa shape index (κ3) is 6.19. The number of thiophene rings is 1. The zero-order valence-corrected chi connectivity index (χ0v) is 22.6. The van der Waals surface area contributed by atoms with Crippen molar-refractivity contribution in [1.82, 2.24) is 9.78 Å². The van der Waals surface area contributed by atoms with E-state index in [2.05, 4.69) is 54.0 Å². The van der Waals surface area contributed by atoms with Crippen LogP contribution >= 0.6 is 23.6 Å². The maximum Gasteiger partial charge on any atom is 0.341 e. The minimum atomic E-state index is -0.364. The molecule has 0 atom stereocenters. The Morgan fingerprint density at radius 3 is 2.44 bits per heavy atom. The van der Waals surface area contributed by atoms with Crippen molar-refractivity contribution in [3.8, 4) is 0 Å². The minimum Gasteiger partial charge on any atom is -0.462 e. The Morgan fingerprint density at radius 2 is 1.75 bits per heavy atom. The molecular weight excluding hydrogens is 488 g/mol. The number of thiocarbonyl (C=S) groups is 1. The van der Waals surface area contributed by atoms with Crippen LogP contribution in [0.5, 0.6) is 0 Å². The van der Waals surface area contributed by atoms with E-state index in [0.717, 1.165) is 28.4 Å². The number of rotatable bonds is 8. The van der Waals surface area contributed by atoms with Gasteiger partial charge in [-0.25, -0.2) is 4.79 Å². The average Bonchev–Trinajstić information content (AvgIpc) is 3.36. The molecular formula is C28H30N4O2S2. The highest BCUT2D eigenvalue weighted by Gasteiger charge is 2.20. The zero-order chi connectivity index (χ0) is 25.7. The second kappa shape index (κ2) is 11.5. The number of benzene rings is 2. The third-order valence-corrected chi connectivity index (χ3v) is 7.05. The fraction of sp³-hybridized carbons (Fsp3) is 0.250. The van der Waals surface area contributed by atoms with Crippen molar-refractivity contribution in [1.29, 1.82) is 0 Å². The summed E-state index contributed by atoms with van der Waals surface area (Å²) in [6, 6.07) is 20.5. The lowest BCUT2D eigenvalue weighted by molar-refractivity contribution is 0.0528. The lowest BCUT2D eigenvalue weighted by Gasteiger charge is -2.11. The Hall–Kier alpha value is -3.49. The summed E-state index contributed by atoms with van der Waals surface area (Å²) in [4.78, 5) is 13.7. The van der Waals surface area contributed by atoms with Gasteiger partial charge in [0.15, 0.2) is 5.11 Å². The smallest absolute Gasteiger partial charge is 0.341 e. The van der Waals surface area contributed by atoms with Gasteiger partial charge in [0, 0.05) is 11.3 Å². The summed E-state index contributed by atoms with van der Waals surface area (Å²) in [5.41, 5.74) is 6.77. The fourth-order valence-electron chi connectivity index (χ4n) is 3.93. The van der Waals surface area contributed by atoms with Gasteiger partial charge in [-0.2, -0.15) is 5.10 Å². The van der Waals surface area contributed by atoms with E-state index < -0.39 is 0 Å². The molecule has 2 heterocycles. The van der Waals surface area contributed by atoms with Gasteiger partial charge in [0.2, 0.25) is 0 Å². The monoisotopic (exact) mass is 518 g/mol. The molecule has 0 radical (unpaired) electrons. The van der Waals surface area contributed by atoms with E-state index in [0.29, 0.717) is 28.8 Å². The molecule has 0 fully saturated rings. The zero-order valence-electron chi connectivity index (χ0n) is 20.9. The van der Waals surface area contributed by atoms with Crippen molar-refractivity contribution in [2.45, 2.75) is 40.7 Å². The van der Waals surface area contributed by atoms with Gasteiger partial charge >= 0.3 is 5.97 Å². The Labute approximate surface area is 221 Å². The first-order chi connectivity index (χ1) is 17.3. The number of aromatic nitrogens is 2. The van der Waals surface area contributed by atoms with Gasteiger partial charge in [0.05, 0.1) is 35.8 Å². The Balaban J connectivity index is 1.51. The van der Waals surface area contributed by atoms with Crippen LogP contribution < -0.4 is 10.6 Å². The van der Waals surface area contributed by atoms with Crippen LogP contribution in [0.4, 0.5) is 10.7 Å². The Bertz CT molecular complexity index is 1360. The number of carbonyl (C=O) groups is 1. The van der Waals surface area contributed by atoms with Crippen LogP contribution in [0.2, 0.25) is 0 Å². The molecule has 4 rings (SSSR count). The summed E-state index contributed by atoms with van der Waals surface area (Å²) in [6.45, 7) is 8.84. The quantitative estimate of drug-likeness (QED) is 0.205. The van der Waals surface area contributed by atoms with E-state index in [9.17, 15) is 4.79 Å². The highest BCUT2D eigenvalue weighted by Crippen LogP contribution is 2.31. The largest absolute Gasteiger partial charge is 0.462 e. The number of aryl methyl sites for hydroxylation is 2. The molecule has 2 aromatic heterocycles. The van der Waals surface area contributed by atoms with Gasteiger partial charge in [-0.3, -0.25) is 4.68 Å². The normalized spacial score (nSPS) is 10.8. The van der Waals surface area contributed by atoms with E-state index in [1.807, 2.05) is 42.8 Å². The molecule has 0 spiro atoms. The molecule has 0 aliphatic carbocycles. The maximum atomic E-state index is 12.6. The molecule has 0 unspecified atom stereocenters. The Kier molecular flexibility index (Phi) is 8.18. The predicted molar refractivity (Wildman–Crippen MR) is 151 cm³/mol.